The lowest BCUT2D eigenvalue weighted by Gasteiger charge is -2.08. The first-order valence-electron chi connectivity index (χ1n) is 3.81. The van der Waals surface area contributed by atoms with Crippen LogP contribution in [0.3, 0.4) is 0 Å². The maximum Gasteiger partial charge on any atom is 0.452 e. The van der Waals surface area contributed by atoms with Gasteiger partial charge < -0.3 is 11.1 Å². The van der Waals surface area contributed by atoms with Gasteiger partial charge in [0, 0.05) is 24.1 Å². The fourth-order valence-corrected chi connectivity index (χ4v) is 1.37. The van der Waals surface area contributed by atoms with Crippen molar-refractivity contribution in [3.8, 4) is 0 Å². The van der Waals surface area contributed by atoms with Gasteiger partial charge in [-0.2, -0.15) is 22.5 Å². The van der Waals surface area contributed by atoms with E-state index >= 15 is 0 Å². The van der Waals surface area contributed by atoms with Crippen molar-refractivity contribution in [2.75, 3.05) is 11.9 Å². The van der Waals surface area contributed by atoms with Crippen LogP contribution in [0.2, 0.25) is 0 Å². The van der Waals surface area contributed by atoms with Crippen LogP contribution in [-0.4, -0.2) is 21.9 Å². The zero-order valence-corrected chi connectivity index (χ0v) is 8.11. The molecule has 0 radical (unpaired) electrons. The lowest BCUT2D eigenvalue weighted by Crippen LogP contribution is -2.25. The average molecular weight is 226 g/mol. The lowest BCUT2D eigenvalue weighted by atomic mass is 10.3. The molecule has 0 saturated heterocycles. The Balaban J connectivity index is 2.69. The minimum Gasteiger partial charge on any atom is -0.357 e. The van der Waals surface area contributed by atoms with Crippen molar-refractivity contribution in [3.05, 3.63) is 5.82 Å². The van der Waals surface area contributed by atoms with Gasteiger partial charge in [-0.3, -0.25) is 0 Å². The first kappa shape index (κ1) is 11.2. The van der Waals surface area contributed by atoms with Crippen molar-refractivity contribution >= 4 is 16.7 Å². The highest BCUT2D eigenvalue weighted by molar-refractivity contribution is 7.09. The predicted molar refractivity (Wildman–Crippen MR) is 47.1 cm³/mol. The van der Waals surface area contributed by atoms with Crippen LogP contribution >= 0.6 is 11.5 Å². The number of nitrogens with two attached hydrogens (primary N) is 1. The van der Waals surface area contributed by atoms with Crippen LogP contribution in [0.5, 0.6) is 0 Å². The molecule has 1 aromatic rings. The normalized spacial score (nSPS) is 14.1. The number of hydrogen-bond donors (Lipinski definition) is 2. The SMILES string of the molecule is CC(CN)Nc1nc(C(F)(F)F)ns1. The molecule has 1 unspecified atom stereocenters. The smallest absolute Gasteiger partial charge is 0.357 e. The Morgan fingerprint density at radius 2 is 2.21 bits per heavy atom. The van der Waals surface area contributed by atoms with Gasteiger partial charge in [-0.05, 0) is 6.92 Å². The summed E-state index contributed by atoms with van der Waals surface area (Å²) in [5, 5.41) is 2.84. The number of alkyl halides is 3. The van der Waals surface area contributed by atoms with E-state index in [1.165, 1.54) is 0 Å². The Morgan fingerprint density at radius 3 is 2.64 bits per heavy atom. The summed E-state index contributed by atoms with van der Waals surface area (Å²) in [4.78, 5) is 3.29. The Morgan fingerprint density at radius 1 is 1.57 bits per heavy atom. The summed E-state index contributed by atoms with van der Waals surface area (Å²) in [5.41, 5.74) is 5.28. The van der Waals surface area contributed by atoms with Crippen molar-refractivity contribution in [3.63, 3.8) is 0 Å². The van der Waals surface area contributed by atoms with Gasteiger partial charge in [-0.1, -0.05) is 0 Å². The first-order valence-corrected chi connectivity index (χ1v) is 4.58. The summed E-state index contributed by atoms with van der Waals surface area (Å²) >= 11 is 0.672. The second-order valence-corrected chi connectivity index (χ2v) is 3.45. The van der Waals surface area contributed by atoms with Crippen LogP contribution in [0.15, 0.2) is 0 Å². The highest BCUT2D eigenvalue weighted by Gasteiger charge is 2.36. The number of nitrogens with one attached hydrogen (secondary N) is 1. The molecule has 8 heteroatoms. The number of rotatable bonds is 3. The molecule has 80 valence electrons. The monoisotopic (exact) mass is 226 g/mol. The number of nitrogens with zero attached hydrogens (tertiary/aromatic N) is 2. The van der Waals surface area contributed by atoms with Gasteiger partial charge >= 0.3 is 6.18 Å². The predicted octanol–water partition coefficient (Wildman–Crippen LogP) is 1.32. The maximum atomic E-state index is 12.0. The van der Waals surface area contributed by atoms with E-state index in [1.54, 1.807) is 6.92 Å². The molecule has 0 fully saturated rings. The molecule has 1 atom stereocenters. The van der Waals surface area contributed by atoms with E-state index in [4.69, 9.17) is 5.73 Å². The third-order valence-corrected chi connectivity index (χ3v) is 2.05. The van der Waals surface area contributed by atoms with E-state index in [9.17, 15) is 13.2 Å². The average Bonchev–Trinajstić information content (AvgIpc) is 2.51. The number of halogens is 3. The van der Waals surface area contributed by atoms with Crippen molar-refractivity contribution in [2.45, 2.75) is 19.1 Å². The minimum atomic E-state index is -4.48. The molecular formula is C6H9F3N4S. The highest BCUT2D eigenvalue weighted by Crippen LogP contribution is 2.28. The van der Waals surface area contributed by atoms with Crippen LogP contribution in [0.1, 0.15) is 12.7 Å². The van der Waals surface area contributed by atoms with Crippen LogP contribution in [0, 0.1) is 0 Å². The molecule has 4 nitrogen and oxygen atoms in total. The second kappa shape index (κ2) is 4.09. The van der Waals surface area contributed by atoms with E-state index < -0.39 is 12.0 Å². The van der Waals surface area contributed by atoms with E-state index in [1.807, 2.05) is 0 Å². The van der Waals surface area contributed by atoms with Gasteiger partial charge in [0.05, 0.1) is 0 Å². The Hall–Kier alpha value is -0.890. The van der Waals surface area contributed by atoms with Gasteiger partial charge in [-0.15, -0.1) is 0 Å². The first-order chi connectivity index (χ1) is 6.43. The maximum absolute atomic E-state index is 12.0. The number of hydrogen-bond acceptors (Lipinski definition) is 5. The van der Waals surface area contributed by atoms with Gasteiger partial charge in [0.25, 0.3) is 0 Å². The molecule has 1 rings (SSSR count). The molecular weight excluding hydrogens is 217 g/mol. The third-order valence-electron chi connectivity index (χ3n) is 1.40. The third kappa shape index (κ3) is 2.81. The molecule has 0 aliphatic rings. The Kier molecular flexibility index (Phi) is 3.27. The molecule has 3 N–H and O–H groups in total. The molecule has 1 heterocycles. The van der Waals surface area contributed by atoms with E-state index in [2.05, 4.69) is 14.7 Å². The molecule has 0 aliphatic carbocycles. The van der Waals surface area contributed by atoms with E-state index in [0.717, 1.165) is 0 Å². The van der Waals surface area contributed by atoms with Gasteiger partial charge in [0.2, 0.25) is 11.0 Å². The fourth-order valence-electron chi connectivity index (χ4n) is 0.667. The summed E-state index contributed by atoms with van der Waals surface area (Å²) in [6.45, 7) is 2.07. The van der Waals surface area contributed by atoms with E-state index in [0.29, 0.717) is 18.1 Å². The zero-order valence-electron chi connectivity index (χ0n) is 7.30. The van der Waals surface area contributed by atoms with Crippen LogP contribution in [0.4, 0.5) is 18.3 Å². The summed E-state index contributed by atoms with van der Waals surface area (Å²) in [5.74, 6) is -1.12. The quantitative estimate of drug-likeness (QED) is 0.815. The molecule has 0 saturated carbocycles. The molecule has 0 aliphatic heterocycles. The van der Waals surface area contributed by atoms with Crippen molar-refractivity contribution in [1.29, 1.82) is 0 Å². The second-order valence-electron chi connectivity index (χ2n) is 2.70. The lowest BCUT2D eigenvalue weighted by molar-refractivity contribution is -0.144. The molecule has 1 aromatic heterocycles. The summed E-state index contributed by atoms with van der Waals surface area (Å²) in [6.07, 6.45) is -4.48. The Bertz CT molecular complexity index is 298. The van der Waals surface area contributed by atoms with Gasteiger partial charge in [0.1, 0.15) is 0 Å². The molecule has 0 bridgehead atoms. The zero-order chi connectivity index (χ0) is 10.8. The fraction of sp³-hybridized carbons (Fsp3) is 0.667. The summed E-state index contributed by atoms with van der Waals surface area (Å²) < 4.78 is 39.3. The highest BCUT2D eigenvalue weighted by atomic mass is 32.1. The molecule has 0 amide bonds. The standard InChI is InChI=1S/C6H9F3N4S/c1-3(2-10)11-5-12-4(13-14-5)6(7,8)9/h3H,2,10H2,1H3,(H,11,12,13). The number of anilines is 1. The Labute approximate surface area is 82.5 Å². The van der Waals surface area contributed by atoms with Gasteiger partial charge in [0.15, 0.2) is 0 Å². The number of aromatic nitrogens is 2. The topological polar surface area (TPSA) is 63.8 Å². The van der Waals surface area contributed by atoms with Crippen LogP contribution in [-0.2, 0) is 6.18 Å². The van der Waals surface area contributed by atoms with E-state index in [-0.39, 0.29) is 11.2 Å². The van der Waals surface area contributed by atoms with Crippen molar-refractivity contribution in [1.82, 2.24) is 9.36 Å². The van der Waals surface area contributed by atoms with Crippen LogP contribution in [0.25, 0.3) is 0 Å². The molecule has 14 heavy (non-hydrogen) atoms. The minimum absolute atomic E-state index is 0.121. The van der Waals surface area contributed by atoms with Crippen molar-refractivity contribution in [2.24, 2.45) is 5.73 Å². The van der Waals surface area contributed by atoms with Crippen molar-refractivity contribution < 1.29 is 13.2 Å². The molecule has 0 spiro atoms. The summed E-state index contributed by atoms with van der Waals surface area (Å²) in [7, 11) is 0. The summed E-state index contributed by atoms with van der Waals surface area (Å²) in [6, 6.07) is -0.121. The van der Waals surface area contributed by atoms with Gasteiger partial charge in [-0.25, -0.2) is 0 Å². The van der Waals surface area contributed by atoms with Crippen LogP contribution < -0.4 is 11.1 Å². The largest absolute Gasteiger partial charge is 0.452 e. The molecule has 0 aromatic carbocycles.